The second kappa shape index (κ2) is 6.15. The highest BCUT2D eigenvalue weighted by Gasteiger charge is 2.35. The van der Waals surface area contributed by atoms with Crippen LogP contribution in [0.25, 0.3) is 0 Å². The molecular formula is C13H16F3N3OS. The van der Waals surface area contributed by atoms with E-state index in [2.05, 4.69) is 0 Å². The van der Waals surface area contributed by atoms with Gasteiger partial charge >= 0.3 is 6.18 Å². The number of nitrogens with one attached hydrogen (secondary N) is 1. The number of thioether (sulfide) groups is 1. The normalized spacial score (nSPS) is 18.6. The number of amides is 1. The van der Waals surface area contributed by atoms with E-state index in [1.807, 2.05) is 5.43 Å². The minimum Gasteiger partial charge on any atom is -0.338 e. The summed E-state index contributed by atoms with van der Waals surface area (Å²) in [7, 11) is 1.63. The minimum atomic E-state index is -4.57. The molecule has 1 amide bonds. The van der Waals surface area contributed by atoms with Gasteiger partial charge in [0, 0.05) is 24.4 Å². The van der Waals surface area contributed by atoms with Crippen LogP contribution in [0.1, 0.15) is 22.3 Å². The Morgan fingerprint density at radius 1 is 1.48 bits per heavy atom. The number of rotatable bonds is 3. The van der Waals surface area contributed by atoms with Crippen LogP contribution in [0.2, 0.25) is 0 Å². The van der Waals surface area contributed by atoms with Gasteiger partial charge in [-0.15, -0.1) is 0 Å². The molecule has 0 aromatic heterocycles. The summed E-state index contributed by atoms with van der Waals surface area (Å²) in [4.78, 5) is 13.8. The maximum atomic E-state index is 13.0. The highest BCUT2D eigenvalue weighted by Crippen LogP contribution is 2.35. The molecule has 0 saturated carbocycles. The highest BCUT2D eigenvalue weighted by molar-refractivity contribution is 7.99. The Balaban J connectivity index is 2.29. The molecule has 1 aliphatic rings. The number of anilines is 1. The first-order valence-electron chi connectivity index (χ1n) is 6.37. The van der Waals surface area contributed by atoms with Gasteiger partial charge in [0.15, 0.2) is 0 Å². The van der Waals surface area contributed by atoms with Crippen LogP contribution in [0.15, 0.2) is 18.2 Å². The second-order valence-corrected chi connectivity index (χ2v) is 5.99. The van der Waals surface area contributed by atoms with E-state index in [1.54, 1.807) is 18.8 Å². The topological polar surface area (TPSA) is 58.4 Å². The summed E-state index contributed by atoms with van der Waals surface area (Å²) in [6.45, 7) is 0. The van der Waals surface area contributed by atoms with Crippen LogP contribution < -0.4 is 11.3 Å². The molecule has 0 bridgehead atoms. The molecule has 8 heteroatoms. The summed E-state index contributed by atoms with van der Waals surface area (Å²) in [5, 5.41) is 0. The van der Waals surface area contributed by atoms with Gasteiger partial charge in [-0.25, -0.2) is 0 Å². The molecule has 1 aliphatic heterocycles. The molecule has 1 atom stereocenters. The number of halogens is 3. The summed E-state index contributed by atoms with van der Waals surface area (Å²) in [5.41, 5.74) is 0.827. The third-order valence-corrected chi connectivity index (χ3v) is 4.65. The summed E-state index contributed by atoms with van der Waals surface area (Å²) in [6, 6.07) is 3.44. The van der Waals surface area contributed by atoms with Crippen LogP contribution >= 0.6 is 11.8 Å². The van der Waals surface area contributed by atoms with Crippen LogP contribution in [-0.4, -0.2) is 35.4 Å². The monoisotopic (exact) mass is 319 g/mol. The molecule has 0 aliphatic carbocycles. The van der Waals surface area contributed by atoms with Crippen molar-refractivity contribution in [1.29, 1.82) is 0 Å². The predicted molar refractivity (Wildman–Crippen MR) is 77.1 cm³/mol. The van der Waals surface area contributed by atoms with Crippen molar-refractivity contribution in [3.8, 4) is 0 Å². The summed E-state index contributed by atoms with van der Waals surface area (Å²) in [6.07, 6.45) is -3.71. The lowest BCUT2D eigenvalue weighted by molar-refractivity contribution is -0.137. The number of benzene rings is 1. The molecule has 1 aromatic rings. The van der Waals surface area contributed by atoms with Crippen LogP contribution in [0.3, 0.4) is 0 Å². The molecule has 1 fully saturated rings. The highest BCUT2D eigenvalue weighted by atomic mass is 32.2. The fraction of sp³-hybridized carbons (Fsp3) is 0.462. The molecule has 1 heterocycles. The molecule has 0 spiro atoms. The van der Waals surface area contributed by atoms with Crippen molar-refractivity contribution in [2.45, 2.75) is 18.6 Å². The molecule has 1 saturated heterocycles. The van der Waals surface area contributed by atoms with Crippen molar-refractivity contribution in [2.75, 3.05) is 24.0 Å². The fourth-order valence-corrected chi connectivity index (χ4v) is 3.50. The Kier molecular flexibility index (Phi) is 4.67. The number of nitrogens with two attached hydrogens (primary N) is 1. The maximum absolute atomic E-state index is 13.0. The van der Waals surface area contributed by atoms with E-state index in [0.717, 1.165) is 24.0 Å². The Morgan fingerprint density at radius 2 is 2.19 bits per heavy atom. The van der Waals surface area contributed by atoms with Crippen molar-refractivity contribution in [2.24, 2.45) is 5.84 Å². The number of hydrogen-bond donors (Lipinski definition) is 2. The van der Waals surface area contributed by atoms with E-state index in [4.69, 9.17) is 5.84 Å². The molecular weight excluding hydrogens is 303 g/mol. The Labute approximate surface area is 124 Å². The average Bonchev–Trinajstić information content (AvgIpc) is 2.98. The van der Waals surface area contributed by atoms with E-state index >= 15 is 0 Å². The van der Waals surface area contributed by atoms with Gasteiger partial charge in [0.25, 0.3) is 5.91 Å². The second-order valence-electron chi connectivity index (χ2n) is 4.84. The van der Waals surface area contributed by atoms with Gasteiger partial charge in [-0.05, 0) is 30.4 Å². The van der Waals surface area contributed by atoms with E-state index in [1.165, 1.54) is 17.0 Å². The van der Waals surface area contributed by atoms with Crippen LogP contribution in [0.4, 0.5) is 18.9 Å². The number of carbonyl (C=O) groups is 1. The van der Waals surface area contributed by atoms with Crippen molar-refractivity contribution in [3.05, 3.63) is 29.3 Å². The number of nitrogens with zero attached hydrogens (tertiary/aromatic N) is 1. The summed E-state index contributed by atoms with van der Waals surface area (Å²) < 4.78 is 38.9. The quantitative estimate of drug-likeness (QED) is 0.664. The Morgan fingerprint density at radius 3 is 2.71 bits per heavy atom. The molecule has 0 radical (unpaired) electrons. The first-order chi connectivity index (χ1) is 9.84. The number of nitrogen functional groups attached to an aromatic ring is 1. The third kappa shape index (κ3) is 3.44. The van der Waals surface area contributed by atoms with Crippen LogP contribution in [-0.2, 0) is 6.18 Å². The zero-order chi connectivity index (χ0) is 15.6. The van der Waals surface area contributed by atoms with Gasteiger partial charge in [0.05, 0.1) is 11.3 Å². The minimum absolute atomic E-state index is 0.0146. The molecule has 3 N–H and O–H groups in total. The SMILES string of the molecule is CN(C(=O)c1ccc(NN)c(C(F)(F)F)c1)C1CCSC1. The molecule has 1 aromatic carbocycles. The fourth-order valence-electron chi connectivity index (χ4n) is 2.23. The first kappa shape index (κ1) is 16.0. The number of alkyl halides is 3. The average molecular weight is 319 g/mol. The molecule has 1 unspecified atom stereocenters. The van der Waals surface area contributed by atoms with Crippen molar-refractivity contribution < 1.29 is 18.0 Å². The number of hydrazine groups is 1. The number of carbonyl (C=O) groups excluding carboxylic acids is 1. The van der Waals surface area contributed by atoms with Crippen LogP contribution in [0, 0.1) is 0 Å². The standard InChI is InChI=1S/C13H16F3N3OS/c1-19(9-4-5-21-7-9)12(20)8-2-3-11(18-17)10(6-8)13(14,15)16/h2-3,6,9,18H,4-5,7,17H2,1H3. The Bertz CT molecular complexity index is 530. The summed E-state index contributed by atoms with van der Waals surface area (Å²) in [5.74, 6) is 6.46. The van der Waals surface area contributed by atoms with Gasteiger partial charge in [-0.3, -0.25) is 10.6 Å². The van der Waals surface area contributed by atoms with E-state index < -0.39 is 17.6 Å². The maximum Gasteiger partial charge on any atom is 0.418 e. The lowest BCUT2D eigenvalue weighted by Crippen LogP contribution is -2.37. The van der Waals surface area contributed by atoms with Crippen molar-refractivity contribution >= 4 is 23.4 Å². The van der Waals surface area contributed by atoms with Crippen LogP contribution in [0.5, 0.6) is 0 Å². The van der Waals surface area contributed by atoms with E-state index in [0.29, 0.717) is 0 Å². The Hall–Kier alpha value is -1.41. The zero-order valence-corrected chi connectivity index (χ0v) is 12.2. The van der Waals surface area contributed by atoms with Gasteiger partial charge in [-0.2, -0.15) is 24.9 Å². The molecule has 2 rings (SSSR count). The third-order valence-electron chi connectivity index (χ3n) is 3.50. The van der Waals surface area contributed by atoms with E-state index in [-0.39, 0.29) is 17.3 Å². The lowest BCUT2D eigenvalue weighted by Gasteiger charge is -2.24. The smallest absolute Gasteiger partial charge is 0.338 e. The van der Waals surface area contributed by atoms with Crippen molar-refractivity contribution in [1.82, 2.24) is 4.90 Å². The van der Waals surface area contributed by atoms with Crippen molar-refractivity contribution in [3.63, 3.8) is 0 Å². The molecule has 21 heavy (non-hydrogen) atoms. The van der Waals surface area contributed by atoms with Gasteiger partial charge in [0.1, 0.15) is 0 Å². The van der Waals surface area contributed by atoms with Gasteiger partial charge in [0.2, 0.25) is 0 Å². The molecule has 116 valence electrons. The molecule has 4 nitrogen and oxygen atoms in total. The van der Waals surface area contributed by atoms with Gasteiger partial charge < -0.3 is 10.3 Å². The van der Waals surface area contributed by atoms with E-state index in [9.17, 15) is 18.0 Å². The largest absolute Gasteiger partial charge is 0.418 e. The first-order valence-corrected chi connectivity index (χ1v) is 7.53. The predicted octanol–water partition coefficient (Wildman–Crippen LogP) is 2.57. The zero-order valence-electron chi connectivity index (χ0n) is 11.4. The number of hydrogen-bond acceptors (Lipinski definition) is 4. The summed E-state index contributed by atoms with van der Waals surface area (Å²) >= 11 is 1.74. The lowest BCUT2D eigenvalue weighted by atomic mass is 10.1. The van der Waals surface area contributed by atoms with Gasteiger partial charge in [-0.1, -0.05) is 0 Å².